The van der Waals surface area contributed by atoms with E-state index < -0.39 is 21.7 Å². The van der Waals surface area contributed by atoms with Gasteiger partial charge in [-0.15, -0.1) is 0 Å². The third-order valence-corrected chi connectivity index (χ3v) is 3.33. The first-order chi connectivity index (χ1) is 10.1. The first kappa shape index (κ1) is 18.4. The van der Waals surface area contributed by atoms with E-state index in [4.69, 9.17) is 4.74 Å². The number of ether oxygens (including phenoxy) is 1. The number of aryl methyl sites for hydroxylation is 1. The number of nitrogens with one attached hydrogen (secondary N) is 2. The number of amides is 1. The Balaban J connectivity index is 2.41. The predicted octanol–water partition coefficient (Wildman–Crippen LogP) is 2.52. The molecule has 1 amide bonds. The monoisotopic (exact) mass is 328 g/mol. The molecule has 0 atom stereocenters. The van der Waals surface area contributed by atoms with Crippen molar-refractivity contribution in [2.24, 2.45) is 0 Å². The molecule has 1 rings (SSSR count). The van der Waals surface area contributed by atoms with Gasteiger partial charge >= 0.3 is 6.09 Å². The van der Waals surface area contributed by atoms with Gasteiger partial charge in [0.05, 0.1) is 6.26 Å². The van der Waals surface area contributed by atoms with Crippen LogP contribution in [0.25, 0.3) is 0 Å². The first-order valence-electron chi connectivity index (χ1n) is 7.09. The van der Waals surface area contributed by atoms with Crippen molar-refractivity contribution in [2.75, 3.05) is 18.1 Å². The minimum atomic E-state index is -3.13. The van der Waals surface area contributed by atoms with Gasteiger partial charge in [0.25, 0.3) is 0 Å². The molecule has 2 N–H and O–H groups in total. The molecule has 6 nitrogen and oxygen atoms in total. The fraction of sp³-hybridized carbons (Fsp3) is 0.533. The second-order valence-electron chi connectivity index (χ2n) is 6.09. The van der Waals surface area contributed by atoms with Crippen molar-refractivity contribution in [1.29, 1.82) is 0 Å². The Morgan fingerprint density at radius 3 is 2.27 bits per heavy atom. The van der Waals surface area contributed by atoms with E-state index in [1.165, 1.54) is 0 Å². The largest absolute Gasteiger partial charge is 0.444 e. The number of carbonyl (C=O) groups is 1. The maximum Gasteiger partial charge on any atom is 0.412 e. The third-order valence-electron chi connectivity index (χ3n) is 2.61. The molecule has 1 aromatic rings. The number of hydrogen-bond acceptors (Lipinski definition) is 4. The van der Waals surface area contributed by atoms with E-state index in [2.05, 4.69) is 10.0 Å². The first-order valence-corrected chi connectivity index (χ1v) is 8.98. The number of rotatable bonds is 6. The normalized spacial score (nSPS) is 12.0. The maximum absolute atomic E-state index is 11.6. The molecule has 0 bridgehead atoms. The zero-order valence-electron chi connectivity index (χ0n) is 13.5. The molecule has 0 spiro atoms. The number of sulfonamides is 1. The van der Waals surface area contributed by atoms with E-state index in [1.807, 2.05) is 12.1 Å². The molecule has 22 heavy (non-hydrogen) atoms. The SMILES string of the molecule is CC(C)(C)OC(=O)Nc1ccc(CCCNS(C)(=O)=O)cc1. The summed E-state index contributed by atoms with van der Waals surface area (Å²) < 4.78 is 29.5. The Morgan fingerprint density at radius 2 is 1.77 bits per heavy atom. The van der Waals surface area contributed by atoms with Gasteiger partial charge in [-0.05, 0) is 51.3 Å². The lowest BCUT2D eigenvalue weighted by molar-refractivity contribution is 0.0636. The average molecular weight is 328 g/mol. The highest BCUT2D eigenvalue weighted by atomic mass is 32.2. The van der Waals surface area contributed by atoms with Crippen LogP contribution in [0.1, 0.15) is 32.8 Å². The van der Waals surface area contributed by atoms with Crippen LogP contribution >= 0.6 is 0 Å². The second-order valence-corrected chi connectivity index (χ2v) is 7.93. The Kier molecular flexibility index (Phi) is 6.37. The Bertz CT molecular complexity index is 589. The van der Waals surface area contributed by atoms with Crippen molar-refractivity contribution in [3.63, 3.8) is 0 Å². The zero-order chi connectivity index (χ0) is 16.8. The Hall–Kier alpha value is -1.60. The number of carbonyl (C=O) groups excluding carboxylic acids is 1. The summed E-state index contributed by atoms with van der Waals surface area (Å²) in [6.45, 7) is 5.83. The van der Waals surface area contributed by atoms with E-state index in [9.17, 15) is 13.2 Å². The number of benzene rings is 1. The molecule has 0 saturated heterocycles. The van der Waals surface area contributed by atoms with E-state index in [0.717, 1.165) is 18.2 Å². The molecule has 0 aromatic heterocycles. The molecule has 0 aliphatic rings. The van der Waals surface area contributed by atoms with Gasteiger partial charge in [-0.2, -0.15) is 0 Å². The van der Waals surface area contributed by atoms with Gasteiger partial charge in [0, 0.05) is 12.2 Å². The topological polar surface area (TPSA) is 84.5 Å². The van der Waals surface area contributed by atoms with Crippen LogP contribution in [0.5, 0.6) is 0 Å². The molecule has 0 fully saturated rings. The van der Waals surface area contributed by atoms with Crippen LogP contribution in [0.3, 0.4) is 0 Å². The van der Waals surface area contributed by atoms with Gasteiger partial charge in [0.1, 0.15) is 5.60 Å². The van der Waals surface area contributed by atoms with Crippen LogP contribution in [0, 0.1) is 0 Å². The second kappa shape index (κ2) is 7.60. The van der Waals surface area contributed by atoms with Crippen molar-refractivity contribution in [3.05, 3.63) is 29.8 Å². The van der Waals surface area contributed by atoms with Crippen molar-refractivity contribution in [2.45, 2.75) is 39.2 Å². The van der Waals surface area contributed by atoms with Crippen molar-refractivity contribution in [1.82, 2.24) is 4.72 Å². The fourth-order valence-corrected chi connectivity index (χ4v) is 2.24. The number of anilines is 1. The smallest absolute Gasteiger partial charge is 0.412 e. The van der Waals surface area contributed by atoms with Crippen molar-refractivity contribution >= 4 is 21.8 Å². The Labute approximate surface area is 132 Å². The molecule has 0 unspecified atom stereocenters. The van der Waals surface area contributed by atoms with Gasteiger partial charge in [0.2, 0.25) is 10.0 Å². The zero-order valence-corrected chi connectivity index (χ0v) is 14.3. The van der Waals surface area contributed by atoms with Crippen LogP contribution in [0.4, 0.5) is 10.5 Å². The quantitative estimate of drug-likeness (QED) is 0.786. The summed E-state index contributed by atoms with van der Waals surface area (Å²) >= 11 is 0. The lowest BCUT2D eigenvalue weighted by Gasteiger charge is -2.19. The summed E-state index contributed by atoms with van der Waals surface area (Å²) in [4.78, 5) is 11.6. The van der Waals surface area contributed by atoms with Crippen molar-refractivity contribution in [3.8, 4) is 0 Å². The lowest BCUT2D eigenvalue weighted by Crippen LogP contribution is -2.27. The minimum Gasteiger partial charge on any atom is -0.444 e. The molecule has 0 aliphatic heterocycles. The fourth-order valence-electron chi connectivity index (χ4n) is 1.73. The standard InChI is InChI=1S/C15H24N2O4S/c1-15(2,3)21-14(18)17-13-9-7-12(8-10-13)6-5-11-16-22(4,19)20/h7-10,16H,5-6,11H2,1-4H3,(H,17,18). The molecular formula is C15H24N2O4S. The molecular weight excluding hydrogens is 304 g/mol. The summed E-state index contributed by atoms with van der Waals surface area (Å²) in [7, 11) is -3.13. The highest BCUT2D eigenvalue weighted by molar-refractivity contribution is 7.88. The van der Waals surface area contributed by atoms with E-state index in [0.29, 0.717) is 18.7 Å². The Morgan fingerprint density at radius 1 is 1.18 bits per heavy atom. The summed E-state index contributed by atoms with van der Waals surface area (Å²) in [5, 5.41) is 2.66. The van der Waals surface area contributed by atoms with Gasteiger partial charge in [-0.1, -0.05) is 12.1 Å². The third kappa shape index (κ3) is 8.63. The van der Waals surface area contributed by atoms with E-state index >= 15 is 0 Å². The molecule has 0 aliphatic carbocycles. The van der Waals surface area contributed by atoms with E-state index in [-0.39, 0.29) is 0 Å². The summed E-state index contributed by atoms with van der Waals surface area (Å²) in [5.41, 5.74) is 1.20. The van der Waals surface area contributed by atoms with Gasteiger partial charge < -0.3 is 4.74 Å². The highest BCUT2D eigenvalue weighted by Crippen LogP contribution is 2.13. The van der Waals surface area contributed by atoms with E-state index in [1.54, 1.807) is 32.9 Å². The summed E-state index contributed by atoms with van der Waals surface area (Å²) in [6.07, 6.45) is 2.13. The molecule has 0 radical (unpaired) electrons. The van der Waals surface area contributed by atoms with Crippen LogP contribution in [0.15, 0.2) is 24.3 Å². The molecule has 1 aromatic carbocycles. The lowest BCUT2D eigenvalue weighted by atomic mass is 10.1. The van der Waals surface area contributed by atoms with Crippen LogP contribution in [-0.4, -0.2) is 32.9 Å². The summed E-state index contributed by atoms with van der Waals surface area (Å²) in [5.74, 6) is 0. The van der Waals surface area contributed by atoms with Gasteiger partial charge in [0.15, 0.2) is 0 Å². The average Bonchev–Trinajstić information content (AvgIpc) is 2.33. The highest BCUT2D eigenvalue weighted by Gasteiger charge is 2.15. The molecule has 0 heterocycles. The predicted molar refractivity (Wildman–Crippen MR) is 87.5 cm³/mol. The van der Waals surface area contributed by atoms with Gasteiger partial charge in [-0.3, -0.25) is 5.32 Å². The van der Waals surface area contributed by atoms with Crippen LogP contribution in [0.2, 0.25) is 0 Å². The van der Waals surface area contributed by atoms with Gasteiger partial charge in [-0.25, -0.2) is 17.9 Å². The molecule has 7 heteroatoms. The number of hydrogen-bond donors (Lipinski definition) is 2. The van der Waals surface area contributed by atoms with Crippen LogP contribution in [-0.2, 0) is 21.2 Å². The van der Waals surface area contributed by atoms with Crippen molar-refractivity contribution < 1.29 is 17.9 Å². The minimum absolute atomic E-state index is 0.413. The maximum atomic E-state index is 11.6. The summed E-state index contributed by atoms with van der Waals surface area (Å²) in [6, 6.07) is 7.38. The van der Waals surface area contributed by atoms with Crippen LogP contribution < -0.4 is 10.0 Å². The molecule has 0 saturated carbocycles. The molecule has 124 valence electrons.